The van der Waals surface area contributed by atoms with Crippen molar-refractivity contribution in [3.05, 3.63) is 15.4 Å². The molecule has 0 aliphatic carbocycles. The van der Waals surface area contributed by atoms with Crippen LogP contribution in [0.3, 0.4) is 0 Å². The summed E-state index contributed by atoms with van der Waals surface area (Å²) in [5.41, 5.74) is 0. The van der Waals surface area contributed by atoms with Crippen LogP contribution in [-0.2, 0) is 15.0 Å². The Bertz CT molecular complexity index is 654. The van der Waals surface area contributed by atoms with Gasteiger partial charge in [0.05, 0.1) is 6.20 Å². The largest absolute Gasteiger partial charge is 0.480 e. The third kappa shape index (κ3) is 3.90. The van der Waals surface area contributed by atoms with E-state index in [1.807, 2.05) is 0 Å². The Morgan fingerprint density at radius 3 is 2.76 bits per heavy atom. The number of piperidine rings is 1. The average Bonchev–Trinajstić information content (AvgIpc) is 2.42. The fourth-order valence-electron chi connectivity index (χ4n) is 2.04. The highest BCUT2D eigenvalue weighted by Gasteiger charge is 2.37. The Hall–Kier alpha value is -0.780. The zero-order chi connectivity index (χ0) is 15.6. The highest BCUT2D eigenvalue weighted by Crippen LogP contribution is 2.25. The monoisotopic (exact) mass is 442 g/mol. The van der Waals surface area contributed by atoms with Crippen molar-refractivity contribution in [2.24, 2.45) is 0 Å². The van der Waals surface area contributed by atoms with Crippen LogP contribution in [0.25, 0.3) is 0 Å². The summed E-state index contributed by atoms with van der Waals surface area (Å²) in [6, 6.07) is -1.06. The fourth-order valence-corrected chi connectivity index (χ4v) is 4.49. The number of nitrogens with one attached hydrogen (secondary N) is 1. The third-order valence-electron chi connectivity index (χ3n) is 2.97. The van der Waals surface area contributed by atoms with E-state index in [-0.39, 0.29) is 17.0 Å². The van der Waals surface area contributed by atoms with E-state index in [4.69, 9.17) is 5.11 Å². The number of hydrogen-bond donors (Lipinski definition) is 2. The number of nitrogens with zero attached hydrogens (tertiary/aromatic N) is 3. The normalized spacial score (nSPS) is 20.2. The summed E-state index contributed by atoms with van der Waals surface area (Å²) in [4.78, 5) is 19.1. The van der Waals surface area contributed by atoms with Crippen molar-refractivity contribution < 1.29 is 18.3 Å². The summed E-state index contributed by atoms with van der Waals surface area (Å²) >= 11 is 6.21. The number of aromatic nitrogens is 2. The molecule has 0 spiro atoms. The van der Waals surface area contributed by atoms with E-state index in [0.29, 0.717) is 23.9 Å². The molecule has 21 heavy (non-hydrogen) atoms. The molecule has 0 aromatic carbocycles. The lowest BCUT2D eigenvalue weighted by molar-refractivity contribution is -0.142. The SMILES string of the molecule is O=C(O)C1CCCCN1S(=O)(=O)Nc1ncc(Br)nc1Br. The van der Waals surface area contributed by atoms with Gasteiger partial charge in [-0.15, -0.1) is 0 Å². The van der Waals surface area contributed by atoms with E-state index in [1.54, 1.807) is 0 Å². The second-order valence-electron chi connectivity index (χ2n) is 4.40. The summed E-state index contributed by atoms with van der Waals surface area (Å²) in [6.07, 6.45) is 2.94. The van der Waals surface area contributed by atoms with Crippen LogP contribution < -0.4 is 4.72 Å². The highest BCUT2D eigenvalue weighted by molar-refractivity contribution is 9.11. The van der Waals surface area contributed by atoms with Crippen molar-refractivity contribution in [1.29, 1.82) is 0 Å². The summed E-state index contributed by atoms with van der Waals surface area (Å²) in [5.74, 6) is -1.14. The molecule has 1 atom stereocenters. The van der Waals surface area contributed by atoms with E-state index < -0.39 is 22.2 Å². The Balaban J connectivity index is 2.26. The van der Waals surface area contributed by atoms with Gasteiger partial charge < -0.3 is 5.11 Å². The van der Waals surface area contributed by atoms with Crippen LogP contribution in [0.5, 0.6) is 0 Å². The van der Waals surface area contributed by atoms with E-state index in [1.165, 1.54) is 6.20 Å². The van der Waals surface area contributed by atoms with Gasteiger partial charge in [-0.2, -0.15) is 12.7 Å². The maximum absolute atomic E-state index is 12.4. The molecule has 1 saturated heterocycles. The van der Waals surface area contributed by atoms with Crippen molar-refractivity contribution in [3.8, 4) is 0 Å². The molecule has 2 rings (SSSR count). The van der Waals surface area contributed by atoms with Crippen molar-refractivity contribution >= 4 is 53.9 Å². The highest BCUT2D eigenvalue weighted by atomic mass is 79.9. The summed E-state index contributed by atoms with van der Waals surface area (Å²) < 4.78 is 28.6. The van der Waals surface area contributed by atoms with Crippen LogP contribution in [0.1, 0.15) is 19.3 Å². The van der Waals surface area contributed by atoms with Gasteiger partial charge in [0.1, 0.15) is 10.6 Å². The van der Waals surface area contributed by atoms with Gasteiger partial charge in [0, 0.05) is 6.54 Å². The molecule has 1 aliphatic rings. The first-order valence-electron chi connectivity index (χ1n) is 6.01. The first-order valence-corrected chi connectivity index (χ1v) is 9.04. The fraction of sp³-hybridized carbons (Fsp3) is 0.500. The van der Waals surface area contributed by atoms with Gasteiger partial charge in [0.25, 0.3) is 0 Å². The molecule has 2 N–H and O–H groups in total. The molecule has 1 aromatic rings. The Labute approximate surface area is 138 Å². The Kier molecular flexibility index (Phi) is 5.17. The number of carboxylic acid groups (broad SMARTS) is 1. The average molecular weight is 444 g/mol. The predicted octanol–water partition coefficient (Wildman–Crippen LogP) is 1.60. The van der Waals surface area contributed by atoms with Crippen LogP contribution in [0.4, 0.5) is 5.82 Å². The van der Waals surface area contributed by atoms with Crippen molar-refractivity contribution in [2.45, 2.75) is 25.3 Å². The van der Waals surface area contributed by atoms with Crippen LogP contribution in [0, 0.1) is 0 Å². The van der Waals surface area contributed by atoms with Gasteiger partial charge in [-0.3, -0.25) is 9.52 Å². The molecule has 1 unspecified atom stereocenters. The molecule has 0 amide bonds. The maximum Gasteiger partial charge on any atom is 0.322 e. The quantitative estimate of drug-likeness (QED) is 0.730. The summed E-state index contributed by atoms with van der Waals surface area (Å²) in [6.45, 7) is 0.161. The molecule has 0 saturated carbocycles. The minimum atomic E-state index is -4.01. The lowest BCUT2D eigenvalue weighted by Gasteiger charge is -2.31. The van der Waals surface area contributed by atoms with Gasteiger partial charge in [0.2, 0.25) is 0 Å². The smallest absolute Gasteiger partial charge is 0.322 e. The molecule has 8 nitrogen and oxygen atoms in total. The van der Waals surface area contributed by atoms with E-state index >= 15 is 0 Å². The zero-order valence-corrected chi connectivity index (χ0v) is 14.6. The van der Waals surface area contributed by atoms with Crippen LogP contribution in [-0.4, -0.2) is 46.4 Å². The summed E-state index contributed by atoms with van der Waals surface area (Å²) in [5, 5.41) is 9.15. The van der Waals surface area contributed by atoms with Gasteiger partial charge in [-0.1, -0.05) is 0 Å². The van der Waals surface area contributed by atoms with Gasteiger partial charge in [0.15, 0.2) is 10.4 Å². The van der Waals surface area contributed by atoms with Crippen molar-refractivity contribution in [1.82, 2.24) is 14.3 Å². The number of anilines is 1. The van der Waals surface area contributed by atoms with Crippen molar-refractivity contribution in [3.63, 3.8) is 0 Å². The molecule has 2 heterocycles. The number of carboxylic acids is 1. The van der Waals surface area contributed by atoms with E-state index in [0.717, 1.165) is 4.31 Å². The standard InChI is InChI=1S/C10H12Br2N4O4S/c11-7-5-13-9(8(12)14-7)15-21(19,20)16-4-2-1-3-6(16)10(17)18/h5-6H,1-4H2,(H,13,15)(H,17,18). The number of hydrogen-bond acceptors (Lipinski definition) is 5. The Morgan fingerprint density at radius 1 is 1.43 bits per heavy atom. The molecule has 1 fully saturated rings. The van der Waals surface area contributed by atoms with Gasteiger partial charge >= 0.3 is 16.2 Å². The minimum Gasteiger partial charge on any atom is -0.480 e. The second-order valence-corrected chi connectivity index (χ2v) is 7.59. The first kappa shape index (κ1) is 16.6. The molecule has 1 aliphatic heterocycles. The van der Waals surface area contributed by atoms with E-state index in [2.05, 4.69) is 46.5 Å². The lowest BCUT2D eigenvalue weighted by Crippen LogP contribution is -2.50. The molecule has 116 valence electrons. The summed E-state index contributed by atoms with van der Waals surface area (Å²) in [7, 11) is -4.01. The third-order valence-corrected chi connectivity index (χ3v) is 5.41. The molecule has 0 radical (unpaired) electrons. The number of carbonyl (C=O) groups is 1. The topological polar surface area (TPSA) is 112 Å². The van der Waals surface area contributed by atoms with Crippen molar-refractivity contribution in [2.75, 3.05) is 11.3 Å². The minimum absolute atomic E-state index is 0.00733. The molecule has 0 bridgehead atoms. The maximum atomic E-state index is 12.4. The number of halogens is 2. The predicted molar refractivity (Wildman–Crippen MR) is 82.0 cm³/mol. The van der Waals surface area contributed by atoms with E-state index in [9.17, 15) is 13.2 Å². The molecular formula is C10H12Br2N4O4S. The molecular weight excluding hydrogens is 432 g/mol. The molecule has 11 heteroatoms. The zero-order valence-electron chi connectivity index (χ0n) is 10.7. The van der Waals surface area contributed by atoms with Crippen LogP contribution in [0.2, 0.25) is 0 Å². The van der Waals surface area contributed by atoms with Gasteiger partial charge in [-0.25, -0.2) is 9.97 Å². The number of rotatable bonds is 4. The molecule has 1 aromatic heterocycles. The second kappa shape index (κ2) is 6.55. The van der Waals surface area contributed by atoms with Gasteiger partial charge in [-0.05, 0) is 51.1 Å². The van der Waals surface area contributed by atoms with Crippen LogP contribution in [0.15, 0.2) is 15.4 Å². The number of aliphatic carboxylic acids is 1. The van der Waals surface area contributed by atoms with Crippen LogP contribution >= 0.6 is 31.9 Å². The lowest BCUT2D eigenvalue weighted by atomic mass is 10.1. The first-order chi connectivity index (χ1) is 9.81. The Morgan fingerprint density at radius 2 is 2.14 bits per heavy atom.